The van der Waals surface area contributed by atoms with E-state index in [0.717, 1.165) is 30.4 Å². The van der Waals surface area contributed by atoms with Crippen LogP contribution in [0.5, 0.6) is 0 Å². The summed E-state index contributed by atoms with van der Waals surface area (Å²) in [6, 6.07) is 12.5. The molecule has 1 saturated carbocycles. The van der Waals surface area contributed by atoms with E-state index in [4.69, 9.17) is 4.42 Å². The molecule has 1 aliphatic rings. The van der Waals surface area contributed by atoms with Crippen molar-refractivity contribution in [2.45, 2.75) is 106 Å². The second-order valence-electron chi connectivity index (χ2n) is 7.73. The summed E-state index contributed by atoms with van der Waals surface area (Å²) in [5.74, 6) is 1.14. The first-order chi connectivity index (χ1) is 13.6. The second kappa shape index (κ2) is 16.5. The molecule has 3 rings (SSSR count). The quantitative estimate of drug-likeness (QED) is 0.482. The fourth-order valence-corrected chi connectivity index (χ4v) is 3.19. The summed E-state index contributed by atoms with van der Waals surface area (Å²) in [6.07, 6.45) is 13.5. The number of hydrogen-bond acceptors (Lipinski definition) is 1. The van der Waals surface area contributed by atoms with Crippen LogP contribution in [0.3, 0.4) is 0 Å². The van der Waals surface area contributed by atoms with E-state index in [2.05, 4.69) is 72.7 Å². The average Bonchev–Trinajstić information content (AvgIpc) is 3.36. The van der Waals surface area contributed by atoms with Gasteiger partial charge in [-0.15, -0.1) is 0 Å². The first-order valence-corrected chi connectivity index (χ1v) is 11.6. The van der Waals surface area contributed by atoms with Crippen LogP contribution >= 0.6 is 0 Å². The second-order valence-corrected chi connectivity index (χ2v) is 7.73. The molecule has 0 atom stereocenters. The molecule has 0 radical (unpaired) electrons. The highest BCUT2D eigenvalue weighted by molar-refractivity contribution is 5.16. The maximum Gasteiger partial charge on any atom is 0.106 e. The molecule has 0 saturated heterocycles. The van der Waals surface area contributed by atoms with Crippen molar-refractivity contribution in [1.29, 1.82) is 0 Å². The van der Waals surface area contributed by atoms with E-state index in [1.54, 1.807) is 6.26 Å². The van der Waals surface area contributed by atoms with E-state index in [-0.39, 0.29) is 0 Å². The minimum Gasteiger partial charge on any atom is -0.469 e. The Balaban J connectivity index is 0.000000365. The van der Waals surface area contributed by atoms with Gasteiger partial charge in [0.25, 0.3) is 0 Å². The van der Waals surface area contributed by atoms with Gasteiger partial charge in [0.15, 0.2) is 0 Å². The van der Waals surface area contributed by atoms with Gasteiger partial charge in [-0.05, 0) is 54.7 Å². The Morgan fingerprint density at radius 2 is 1.39 bits per heavy atom. The molecule has 1 heteroatoms. The van der Waals surface area contributed by atoms with E-state index in [9.17, 15) is 0 Å². The van der Waals surface area contributed by atoms with E-state index in [1.165, 1.54) is 49.7 Å². The first kappa shape index (κ1) is 26.5. The van der Waals surface area contributed by atoms with Crippen LogP contribution in [0, 0.1) is 5.41 Å². The molecule has 160 valence electrons. The van der Waals surface area contributed by atoms with Gasteiger partial charge in [0.1, 0.15) is 5.76 Å². The topological polar surface area (TPSA) is 13.1 Å². The third-order valence-corrected chi connectivity index (χ3v) is 5.28. The molecule has 1 nitrogen and oxygen atoms in total. The van der Waals surface area contributed by atoms with Crippen molar-refractivity contribution in [3.63, 3.8) is 0 Å². The van der Waals surface area contributed by atoms with Crippen molar-refractivity contribution in [2.24, 2.45) is 5.41 Å². The van der Waals surface area contributed by atoms with E-state index < -0.39 is 0 Å². The molecule has 1 aromatic heterocycles. The standard InChI is InChI=1S/C8H12O.C8H16.C8H10.C3H8/c1-3-7-5-6-9-8(7)4-2;1-3-5-8(4-2)6-7-8;1-2-8-6-4-3-5-7-8;1-3-2/h5-6H,3-4H2,1-2H3;3-7H2,1-2H3;3-7H,2H2,1H3;3H2,1-2H3. The minimum atomic E-state index is 0.842. The van der Waals surface area contributed by atoms with Crippen molar-refractivity contribution < 1.29 is 4.42 Å². The number of aryl methyl sites for hydroxylation is 3. The normalized spacial score (nSPS) is 13.1. The SMILES string of the molecule is CCC.CCCC1(CC)CC1.CCc1ccccc1.CCc1ccoc1CC. The maximum absolute atomic E-state index is 5.20. The molecule has 1 heterocycles. The predicted molar refractivity (Wildman–Crippen MR) is 126 cm³/mol. The summed E-state index contributed by atoms with van der Waals surface area (Å²) in [6.45, 7) is 15.3. The van der Waals surface area contributed by atoms with Gasteiger partial charge < -0.3 is 4.42 Å². The van der Waals surface area contributed by atoms with Crippen molar-refractivity contribution in [1.82, 2.24) is 0 Å². The fourth-order valence-electron chi connectivity index (χ4n) is 3.19. The van der Waals surface area contributed by atoms with Crippen LogP contribution in [-0.4, -0.2) is 0 Å². The smallest absolute Gasteiger partial charge is 0.106 e. The van der Waals surface area contributed by atoms with Crippen molar-refractivity contribution in [2.75, 3.05) is 0 Å². The summed E-state index contributed by atoms with van der Waals surface area (Å²) in [5, 5.41) is 0. The fraction of sp³-hybridized carbons (Fsp3) is 0.630. The molecule has 1 fully saturated rings. The zero-order chi connectivity index (χ0) is 21.3. The van der Waals surface area contributed by atoms with Crippen LogP contribution in [-0.2, 0) is 19.3 Å². The van der Waals surface area contributed by atoms with Crippen LogP contribution < -0.4 is 0 Å². The highest BCUT2D eigenvalue weighted by atomic mass is 16.3. The third kappa shape index (κ3) is 11.4. The van der Waals surface area contributed by atoms with Gasteiger partial charge in [-0.2, -0.15) is 0 Å². The summed E-state index contributed by atoms with van der Waals surface area (Å²) in [7, 11) is 0. The Morgan fingerprint density at radius 1 is 0.786 bits per heavy atom. The Labute approximate surface area is 175 Å². The van der Waals surface area contributed by atoms with Gasteiger partial charge in [0, 0.05) is 6.42 Å². The summed E-state index contributed by atoms with van der Waals surface area (Å²) >= 11 is 0. The van der Waals surface area contributed by atoms with Crippen LogP contribution in [0.15, 0.2) is 47.1 Å². The molecule has 0 spiro atoms. The maximum atomic E-state index is 5.20. The highest BCUT2D eigenvalue weighted by Gasteiger charge is 2.38. The van der Waals surface area contributed by atoms with E-state index in [0.29, 0.717) is 0 Å². The Morgan fingerprint density at radius 3 is 1.68 bits per heavy atom. The summed E-state index contributed by atoms with van der Waals surface area (Å²) < 4.78 is 5.20. The van der Waals surface area contributed by atoms with Crippen LogP contribution in [0.1, 0.15) is 104 Å². The molecule has 0 aliphatic heterocycles. The van der Waals surface area contributed by atoms with E-state index >= 15 is 0 Å². The Hall–Kier alpha value is -1.50. The minimum absolute atomic E-state index is 0.842. The molecule has 1 aromatic carbocycles. The third-order valence-electron chi connectivity index (χ3n) is 5.28. The van der Waals surface area contributed by atoms with Gasteiger partial charge >= 0.3 is 0 Å². The lowest BCUT2D eigenvalue weighted by atomic mass is 9.98. The van der Waals surface area contributed by atoms with Gasteiger partial charge in [0.2, 0.25) is 0 Å². The lowest BCUT2D eigenvalue weighted by Crippen LogP contribution is -1.95. The van der Waals surface area contributed by atoms with Crippen molar-refractivity contribution >= 4 is 0 Å². The molecular formula is C27H46O. The summed E-state index contributed by atoms with van der Waals surface area (Å²) in [5.41, 5.74) is 3.60. The van der Waals surface area contributed by atoms with Gasteiger partial charge in [0.05, 0.1) is 6.26 Å². The molecular weight excluding hydrogens is 340 g/mol. The number of benzene rings is 1. The van der Waals surface area contributed by atoms with E-state index in [1.807, 2.05) is 12.1 Å². The Kier molecular flexibility index (Phi) is 15.6. The number of furan rings is 1. The lowest BCUT2D eigenvalue weighted by Gasteiger charge is -2.07. The van der Waals surface area contributed by atoms with Crippen LogP contribution in [0.2, 0.25) is 0 Å². The molecule has 0 amide bonds. The molecule has 28 heavy (non-hydrogen) atoms. The van der Waals surface area contributed by atoms with Crippen LogP contribution in [0.4, 0.5) is 0 Å². The lowest BCUT2D eigenvalue weighted by molar-refractivity contribution is 0.444. The first-order valence-electron chi connectivity index (χ1n) is 11.6. The largest absolute Gasteiger partial charge is 0.469 e. The zero-order valence-electron chi connectivity index (χ0n) is 19.8. The molecule has 1 aliphatic carbocycles. The molecule has 0 N–H and O–H groups in total. The Bertz CT molecular complexity index is 544. The monoisotopic (exact) mass is 386 g/mol. The highest BCUT2D eigenvalue weighted by Crippen LogP contribution is 2.52. The van der Waals surface area contributed by atoms with Crippen molar-refractivity contribution in [3.05, 3.63) is 59.5 Å². The number of hydrogen-bond donors (Lipinski definition) is 0. The van der Waals surface area contributed by atoms with Gasteiger partial charge in [-0.3, -0.25) is 0 Å². The van der Waals surface area contributed by atoms with Crippen molar-refractivity contribution in [3.8, 4) is 0 Å². The molecule has 0 bridgehead atoms. The summed E-state index contributed by atoms with van der Waals surface area (Å²) in [4.78, 5) is 0. The molecule has 0 unspecified atom stereocenters. The average molecular weight is 387 g/mol. The van der Waals surface area contributed by atoms with Gasteiger partial charge in [-0.25, -0.2) is 0 Å². The zero-order valence-corrected chi connectivity index (χ0v) is 19.8. The van der Waals surface area contributed by atoms with Gasteiger partial charge in [-0.1, -0.05) is 98.1 Å². The number of rotatable bonds is 6. The van der Waals surface area contributed by atoms with Crippen LogP contribution in [0.25, 0.3) is 0 Å². The predicted octanol–water partition coefficient (Wildman–Crippen LogP) is 9.05. The molecule has 2 aromatic rings.